The first-order chi connectivity index (χ1) is 18.5. The largest absolute Gasteiger partial charge is 0.455 e. The van der Waals surface area contributed by atoms with Crippen LogP contribution < -0.4 is 15.4 Å². The minimum Gasteiger partial charge on any atom is -0.455 e. The molecule has 39 heavy (non-hydrogen) atoms. The molecule has 1 aliphatic carbocycles. The Labute approximate surface area is 220 Å². The van der Waals surface area contributed by atoms with E-state index >= 15 is 0 Å². The van der Waals surface area contributed by atoms with Crippen LogP contribution in [0.25, 0.3) is 16.9 Å². The number of carbonyl (C=O) groups excluding carboxylic acids is 1. The van der Waals surface area contributed by atoms with E-state index in [1.165, 1.54) is 18.2 Å². The third kappa shape index (κ3) is 5.97. The molecular formula is C28H25F5N4O2. The number of pyridine rings is 1. The second-order valence-corrected chi connectivity index (χ2v) is 9.59. The van der Waals surface area contributed by atoms with Crippen molar-refractivity contribution in [3.8, 4) is 22.8 Å². The Bertz CT molecular complexity index is 1550. The van der Waals surface area contributed by atoms with Crippen LogP contribution in [0.3, 0.4) is 0 Å². The van der Waals surface area contributed by atoms with Gasteiger partial charge in [-0.25, -0.2) is 13.8 Å². The van der Waals surface area contributed by atoms with Gasteiger partial charge in [-0.2, -0.15) is 13.2 Å². The number of anilines is 1. The van der Waals surface area contributed by atoms with Gasteiger partial charge in [-0.15, -0.1) is 0 Å². The monoisotopic (exact) mass is 544 g/mol. The molecule has 6 nitrogen and oxygen atoms in total. The van der Waals surface area contributed by atoms with Gasteiger partial charge in [-0.05, 0) is 43.2 Å². The lowest BCUT2D eigenvalue weighted by Crippen LogP contribution is -2.27. The number of alkyl halides is 4. The fourth-order valence-electron chi connectivity index (χ4n) is 4.25. The number of hydrogen-bond acceptors (Lipinski definition) is 4. The molecule has 2 aromatic heterocycles. The summed E-state index contributed by atoms with van der Waals surface area (Å²) in [4.78, 5) is 16.9. The summed E-state index contributed by atoms with van der Waals surface area (Å²) in [5.41, 5.74) is 3.67. The Morgan fingerprint density at radius 2 is 1.90 bits per heavy atom. The molecule has 0 aliphatic heterocycles. The first-order valence-electron chi connectivity index (χ1n) is 12.3. The third-order valence-corrected chi connectivity index (χ3v) is 6.48. The van der Waals surface area contributed by atoms with Crippen molar-refractivity contribution in [1.82, 2.24) is 14.7 Å². The number of nitrogens with zero attached hydrogens (tertiary/aromatic N) is 2. The summed E-state index contributed by atoms with van der Waals surface area (Å²) in [5, 5.41) is 5.44. The van der Waals surface area contributed by atoms with Crippen molar-refractivity contribution in [3.05, 3.63) is 77.4 Å². The van der Waals surface area contributed by atoms with Crippen LogP contribution in [0.5, 0.6) is 11.5 Å². The first kappa shape index (κ1) is 26.5. The fraction of sp³-hybridized carbons (Fsp3) is 0.286. The molecule has 11 heteroatoms. The van der Waals surface area contributed by atoms with E-state index in [9.17, 15) is 26.7 Å². The molecule has 0 radical (unpaired) electrons. The van der Waals surface area contributed by atoms with Crippen LogP contribution in [0, 0.1) is 19.7 Å². The van der Waals surface area contributed by atoms with Crippen LogP contribution in [0.2, 0.25) is 0 Å². The Kier molecular flexibility index (Phi) is 6.92. The van der Waals surface area contributed by atoms with Gasteiger partial charge < -0.3 is 15.4 Å². The van der Waals surface area contributed by atoms with Gasteiger partial charge >= 0.3 is 6.18 Å². The predicted molar refractivity (Wildman–Crippen MR) is 137 cm³/mol. The van der Waals surface area contributed by atoms with Gasteiger partial charge in [0.05, 0.1) is 36.2 Å². The summed E-state index contributed by atoms with van der Waals surface area (Å²) in [7, 11) is 0. The molecule has 1 amide bonds. The number of rotatable bonds is 8. The number of benzene rings is 2. The van der Waals surface area contributed by atoms with Gasteiger partial charge in [0.1, 0.15) is 23.5 Å². The molecule has 1 aliphatic rings. The number of carbonyl (C=O) groups is 1. The van der Waals surface area contributed by atoms with E-state index < -0.39 is 30.6 Å². The molecule has 1 saturated carbocycles. The zero-order valence-electron chi connectivity index (χ0n) is 21.1. The Morgan fingerprint density at radius 3 is 2.59 bits per heavy atom. The van der Waals surface area contributed by atoms with Gasteiger partial charge in [0.25, 0.3) is 5.91 Å². The number of hydrogen-bond donors (Lipinski definition) is 2. The minimum absolute atomic E-state index is 0.253. The molecule has 5 rings (SSSR count). The van der Waals surface area contributed by atoms with Gasteiger partial charge in [-0.1, -0.05) is 12.1 Å². The number of imidazole rings is 1. The second kappa shape index (κ2) is 10.2. The molecule has 0 bridgehead atoms. The fourth-order valence-corrected chi connectivity index (χ4v) is 4.25. The smallest absolute Gasteiger partial charge is 0.390 e. The van der Waals surface area contributed by atoms with Crippen molar-refractivity contribution < 1.29 is 31.5 Å². The van der Waals surface area contributed by atoms with E-state index in [0.717, 1.165) is 0 Å². The number of aromatic nitrogens is 2. The topological polar surface area (TPSA) is 67.7 Å². The summed E-state index contributed by atoms with van der Waals surface area (Å²) < 4.78 is 73.1. The SMILES string of the molecule is Cc1ccc(F)cc1Oc1cc(NCCC(F)(F)F)c2ncc(-c3ccc(C(=O)NC4CC4F)c(C)c3)n2c1. The van der Waals surface area contributed by atoms with E-state index in [1.807, 2.05) is 0 Å². The molecule has 2 heterocycles. The average molecular weight is 545 g/mol. The molecule has 0 saturated heterocycles. The summed E-state index contributed by atoms with van der Waals surface area (Å²) in [6.45, 7) is 3.12. The summed E-state index contributed by atoms with van der Waals surface area (Å²) >= 11 is 0. The number of ether oxygens (including phenoxy) is 1. The van der Waals surface area contributed by atoms with Gasteiger partial charge in [0.15, 0.2) is 5.65 Å². The minimum atomic E-state index is -4.34. The van der Waals surface area contributed by atoms with Crippen LogP contribution in [0.15, 0.2) is 54.9 Å². The van der Waals surface area contributed by atoms with Gasteiger partial charge in [0.2, 0.25) is 0 Å². The molecule has 4 aromatic rings. The van der Waals surface area contributed by atoms with E-state index in [0.29, 0.717) is 45.7 Å². The summed E-state index contributed by atoms with van der Waals surface area (Å²) in [6, 6.07) is 10.3. The maximum atomic E-state index is 13.9. The van der Waals surface area contributed by atoms with Crippen LogP contribution in [0.1, 0.15) is 34.3 Å². The lowest BCUT2D eigenvalue weighted by atomic mass is 10.0. The highest BCUT2D eigenvalue weighted by atomic mass is 19.4. The van der Waals surface area contributed by atoms with Gasteiger partial charge in [0, 0.05) is 36.2 Å². The molecule has 2 unspecified atom stereocenters. The second-order valence-electron chi connectivity index (χ2n) is 9.59. The Morgan fingerprint density at radius 1 is 1.13 bits per heavy atom. The number of amides is 1. The van der Waals surface area contributed by atoms with E-state index in [4.69, 9.17) is 4.74 Å². The van der Waals surface area contributed by atoms with E-state index in [1.54, 1.807) is 54.9 Å². The quantitative estimate of drug-likeness (QED) is 0.241. The molecule has 204 valence electrons. The normalized spacial score (nSPS) is 16.8. The molecule has 0 spiro atoms. The molecule has 2 atom stereocenters. The lowest BCUT2D eigenvalue weighted by molar-refractivity contribution is -0.131. The van der Waals surface area contributed by atoms with Crippen molar-refractivity contribution in [2.75, 3.05) is 11.9 Å². The van der Waals surface area contributed by atoms with Crippen molar-refractivity contribution in [2.45, 2.75) is 45.1 Å². The standard InChI is InChI=1S/C28H25F5N4O2/c1-15-3-5-18(29)10-25(15)39-19-11-23(34-8-7-28(31,32)33)26-35-13-24(37(26)14-19)17-4-6-20(16(2)9-17)27(38)36-22-12-21(22)30/h3-6,9-11,13-14,21-22,34H,7-8,12H2,1-2H3,(H,36,38). The molecular weight excluding hydrogens is 519 g/mol. The summed E-state index contributed by atoms with van der Waals surface area (Å²) in [6.07, 6.45) is -2.92. The molecule has 2 N–H and O–H groups in total. The highest BCUT2D eigenvalue weighted by Crippen LogP contribution is 2.33. The zero-order chi connectivity index (χ0) is 27.9. The molecule has 2 aromatic carbocycles. The van der Waals surface area contributed by atoms with Crippen molar-refractivity contribution >= 4 is 17.2 Å². The third-order valence-electron chi connectivity index (χ3n) is 6.48. The number of fused-ring (bicyclic) bond motifs is 1. The average Bonchev–Trinajstić information content (AvgIpc) is 3.37. The Hall–Kier alpha value is -4.15. The maximum Gasteiger partial charge on any atom is 0.390 e. The highest BCUT2D eigenvalue weighted by Gasteiger charge is 2.39. The van der Waals surface area contributed by atoms with Crippen LogP contribution in [-0.4, -0.2) is 40.2 Å². The predicted octanol–water partition coefficient (Wildman–Crippen LogP) is 6.75. The Balaban J connectivity index is 1.51. The number of aryl methyl sites for hydroxylation is 2. The first-order valence-corrected chi connectivity index (χ1v) is 12.3. The lowest BCUT2D eigenvalue weighted by Gasteiger charge is -2.15. The van der Waals surface area contributed by atoms with Crippen LogP contribution in [-0.2, 0) is 0 Å². The zero-order valence-corrected chi connectivity index (χ0v) is 21.1. The highest BCUT2D eigenvalue weighted by molar-refractivity contribution is 5.96. The van der Waals surface area contributed by atoms with Crippen molar-refractivity contribution in [3.63, 3.8) is 0 Å². The molecule has 1 fully saturated rings. The maximum absolute atomic E-state index is 13.9. The number of halogens is 5. The van der Waals surface area contributed by atoms with E-state index in [-0.39, 0.29) is 24.0 Å². The van der Waals surface area contributed by atoms with E-state index in [2.05, 4.69) is 15.6 Å². The number of nitrogens with one attached hydrogen (secondary N) is 2. The van der Waals surface area contributed by atoms with Crippen molar-refractivity contribution in [2.24, 2.45) is 0 Å². The summed E-state index contributed by atoms with van der Waals surface area (Å²) in [5.74, 6) is -0.343. The van der Waals surface area contributed by atoms with Crippen LogP contribution in [0.4, 0.5) is 27.6 Å². The van der Waals surface area contributed by atoms with Crippen LogP contribution >= 0.6 is 0 Å². The van der Waals surface area contributed by atoms with Crippen molar-refractivity contribution in [1.29, 1.82) is 0 Å². The van der Waals surface area contributed by atoms with Gasteiger partial charge in [-0.3, -0.25) is 9.20 Å².